The molecule has 2 rings (SSSR count). The van der Waals surface area contributed by atoms with Gasteiger partial charge in [-0.25, -0.2) is 0 Å². The molecule has 0 bridgehead atoms. The van der Waals surface area contributed by atoms with Crippen molar-refractivity contribution in [3.63, 3.8) is 0 Å². The minimum absolute atomic E-state index is 0.121. The first-order chi connectivity index (χ1) is 10.3. The molecule has 1 aromatic heterocycles. The number of aromatic nitrogens is 1. The van der Waals surface area contributed by atoms with Gasteiger partial charge in [0.1, 0.15) is 5.75 Å². The lowest BCUT2D eigenvalue weighted by atomic mass is 10.1. The average Bonchev–Trinajstić information content (AvgIpc) is 2.45. The summed E-state index contributed by atoms with van der Waals surface area (Å²) < 4.78 is 43.7. The molecular weight excluding hydrogens is 301 g/mol. The van der Waals surface area contributed by atoms with E-state index in [1.165, 1.54) is 18.3 Å². The Morgan fingerprint density at radius 1 is 1.27 bits per heavy atom. The molecule has 1 aromatic carbocycles. The van der Waals surface area contributed by atoms with E-state index in [1.54, 1.807) is 6.07 Å². The molecule has 0 aliphatic rings. The van der Waals surface area contributed by atoms with Crippen LogP contribution in [0.5, 0.6) is 5.75 Å². The average molecular weight is 312 g/mol. The summed E-state index contributed by atoms with van der Waals surface area (Å²) in [6, 6.07) is 7.01. The lowest BCUT2D eigenvalue weighted by Gasteiger charge is -2.12. The number of amides is 1. The minimum Gasteiger partial charge on any atom is -0.618 e. The van der Waals surface area contributed by atoms with Crippen LogP contribution in [0.2, 0.25) is 0 Å². The van der Waals surface area contributed by atoms with Crippen LogP contribution in [-0.2, 0) is 12.8 Å². The summed E-state index contributed by atoms with van der Waals surface area (Å²) in [4.78, 5) is 11.3. The van der Waals surface area contributed by atoms with Crippen LogP contribution >= 0.6 is 0 Å². The second-order valence-corrected chi connectivity index (χ2v) is 4.38. The van der Waals surface area contributed by atoms with Crippen LogP contribution in [0.25, 0.3) is 0 Å². The summed E-state index contributed by atoms with van der Waals surface area (Å²) in [5.74, 6) is -1.17. The maximum Gasteiger partial charge on any atom is 0.416 e. The summed E-state index contributed by atoms with van der Waals surface area (Å²) in [5.41, 5.74) is 3.90. The van der Waals surface area contributed by atoms with Crippen LogP contribution in [0.3, 0.4) is 0 Å². The van der Waals surface area contributed by atoms with Crippen molar-refractivity contribution in [1.82, 2.24) is 0 Å². The van der Waals surface area contributed by atoms with Gasteiger partial charge in [-0.3, -0.25) is 4.79 Å². The normalized spacial score (nSPS) is 11.2. The van der Waals surface area contributed by atoms with Gasteiger partial charge in [0.05, 0.1) is 11.1 Å². The number of hydrogen-bond donors (Lipinski definition) is 1. The number of nitrogens with two attached hydrogens (primary N) is 1. The zero-order valence-corrected chi connectivity index (χ0v) is 11.1. The number of pyridine rings is 1. The molecule has 0 spiro atoms. The number of benzene rings is 1. The van der Waals surface area contributed by atoms with Gasteiger partial charge in [-0.15, -0.1) is 0 Å². The highest BCUT2D eigenvalue weighted by Gasteiger charge is 2.31. The summed E-state index contributed by atoms with van der Waals surface area (Å²) in [7, 11) is 0. The topological polar surface area (TPSA) is 79.3 Å². The summed E-state index contributed by atoms with van der Waals surface area (Å²) in [5, 5.41) is 11.4. The number of carbonyl (C=O) groups is 1. The predicted octanol–water partition coefficient (Wildman–Crippen LogP) is 2.02. The van der Waals surface area contributed by atoms with Crippen molar-refractivity contribution in [2.24, 2.45) is 5.73 Å². The van der Waals surface area contributed by atoms with Crippen molar-refractivity contribution in [1.29, 1.82) is 0 Å². The van der Waals surface area contributed by atoms with Gasteiger partial charge in [-0.05, 0) is 24.3 Å². The Morgan fingerprint density at radius 3 is 2.59 bits per heavy atom. The number of nitrogens with zero attached hydrogens (tertiary/aromatic N) is 1. The van der Waals surface area contributed by atoms with Gasteiger partial charge in [0.15, 0.2) is 12.8 Å². The van der Waals surface area contributed by atoms with Crippen molar-refractivity contribution in [2.45, 2.75) is 12.8 Å². The number of carbonyl (C=O) groups excluding carboxylic acids is 1. The number of primary amides is 1. The minimum atomic E-state index is -4.60. The molecule has 0 radical (unpaired) electrons. The molecule has 1 heterocycles. The van der Waals surface area contributed by atoms with Gasteiger partial charge < -0.3 is 15.7 Å². The summed E-state index contributed by atoms with van der Waals surface area (Å²) in [6.07, 6.45) is -3.35. The van der Waals surface area contributed by atoms with Crippen LogP contribution in [0.4, 0.5) is 13.2 Å². The molecule has 0 atom stereocenters. The SMILES string of the molecule is NC(=O)c1cc(C(F)(F)F)ccc1OCc1cccc[n+]1[O-]. The Bertz CT molecular complexity index is 702. The van der Waals surface area contributed by atoms with Gasteiger partial charge in [0.2, 0.25) is 5.69 Å². The predicted molar refractivity (Wildman–Crippen MR) is 69.7 cm³/mol. The second kappa shape index (κ2) is 5.92. The van der Waals surface area contributed by atoms with Crippen molar-refractivity contribution < 1.29 is 27.4 Å². The van der Waals surface area contributed by atoms with Gasteiger partial charge in [0.25, 0.3) is 5.91 Å². The van der Waals surface area contributed by atoms with E-state index in [2.05, 4.69) is 0 Å². The molecule has 0 saturated carbocycles. The monoisotopic (exact) mass is 312 g/mol. The second-order valence-electron chi connectivity index (χ2n) is 4.38. The first-order valence-corrected chi connectivity index (χ1v) is 6.10. The number of rotatable bonds is 4. The molecule has 1 amide bonds. The Balaban J connectivity index is 2.27. The van der Waals surface area contributed by atoms with Crippen molar-refractivity contribution >= 4 is 5.91 Å². The summed E-state index contributed by atoms with van der Waals surface area (Å²) in [6.45, 7) is -0.212. The fraction of sp³-hybridized carbons (Fsp3) is 0.143. The fourth-order valence-electron chi connectivity index (χ4n) is 1.75. The van der Waals surface area contributed by atoms with Gasteiger partial charge >= 0.3 is 6.18 Å². The molecule has 2 N–H and O–H groups in total. The van der Waals surface area contributed by atoms with Gasteiger partial charge in [0, 0.05) is 12.1 Å². The van der Waals surface area contributed by atoms with Gasteiger partial charge in [-0.1, -0.05) is 0 Å². The highest BCUT2D eigenvalue weighted by molar-refractivity contribution is 5.95. The number of ether oxygens (including phenoxy) is 1. The van der Waals surface area contributed by atoms with Crippen molar-refractivity contribution in [3.05, 3.63) is 64.6 Å². The van der Waals surface area contributed by atoms with E-state index in [0.717, 1.165) is 12.1 Å². The maximum absolute atomic E-state index is 12.6. The lowest BCUT2D eigenvalue weighted by Crippen LogP contribution is -2.31. The van der Waals surface area contributed by atoms with Crippen LogP contribution in [-0.4, -0.2) is 5.91 Å². The summed E-state index contributed by atoms with van der Waals surface area (Å²) >= 11 is 0. The molecule has 0 aliphatic heterocycles. The third-order valence-electron chi connectivity index (χ3n) is 2.85. The van der Waals surface area contributed by atoms with Crippen LogP contribution in [0, 0.1) is 5.21 Å². The maximum atomic E-state index is 12.6. The molecule has 8 heteroatoms. The van der Waals surface area contributed by atoms with E-state index in [-0.39, 0.29) is 18.1 Å². The number of alkyl halides is 3. The number of halogens is 3. The molecule has 0 fully saturated rings. The first-order valence-electron chi connectivity index (χ1n) is 6.10. The molecular formula is C14H11F3N2O3. The van der Waals surface area contributed by atoms with E-state index >= 15 is 0 Å². The first kappa shape index (κ1) is 15.6. The van der Waals surface area contributed by atoms with E-state index in [4.69, 9.17) is 10.5 Å². The smallest absolute Gasteiger partial charge is 0.416 e. The molecule has 0 unspecified atom stereocenters. The third kappa shape index (κ3) is 3.46. The highest BCUT2D eigenvalue weighted by atomic mass is 19.4. The van der Waals surface area contributed by atoms with Crippen molar-refractivity contribution in [2.75, 3.05) is 0 Å². The van der Waals surface area contributed by atoms with E-state index < -0.39 is 23.2 Å². The zero-order valence-electron chi connectivity index (χ0n) is 11.1. The van der Waals surface area contributed by atoms with E-state index in [1.807, 2.05) is 0 Å². The largest absolute Gasteiger partial charge is 0.618 e. The molecule has 0 aliphatic carbocycles. The van der Waals surface area contributed by atoms with Crippen LogP contribution in [0.1, 0.15) is 21.6 Å². The van der Waals surface area contributed by atoms with E-state index in [0.29, 0.717) is 10.8 Å². The molecule has 116 valence electrons. The van der Waals surface area contributed by atoms with Gasteiger partial charge in [-0.2, -0.15) is 17.9 Å². The Kier molecular flexibility index (Phi) is 4.20. The molecule has 22 heavy (non-hydrogen) atoms. The highest BCUT2D eigenvalue weighted by Crippen LogP contribution is 2.32. The Morgan fingerprint density at radius 2 is 2.00 bits per heavy atom. The quantitative estimate of drug-likeness (QED) is 0.693. The Hall–Kier alpha value is -2.77. The van der Waals surface area contributed by atoms with Crippen LogP contribution < -0.4 is 15.2 Å². The number of hydrogen-bond acceptors (Lipinski definition) is 3. The van der Waals surface area contributed by atoms with Crippen LogP contribution in [0.15, 0.2) is 42.6 Å². The van der Waals surface area contributed by atoms with Crippen molar-refractivity contribution in [3.8, 4) is 5.75 Å². The zero-order chi connectivity index (χ0) is 16.3. The standard InChI is InChI=1S/C14H11F3N2O3/c15-14(16,17)9-4-5-12(11(7-9)13(18)20)22-8-10-3-1-2-6-19(10)21/h1-7H,8H2,(H2,18,20). The molecule has 2 aromatic rings. The molecule has 5 nitrogen and oxygen atoms in total. The third-order valence-corrected chi connectivity index (χ3v) is 2.85. The molecule has 0 saturated heterocycles. The fourth-order valence-corrected chi connectivity index (χ4v) is 1.75. The van der Waals surface area contributed by atoms with E-state index in [9.17, 15) is 23.2 Å². The Labute approximate surface area is 123 Å². The lowest BCUT2D eigenvalue weighted by molar-refractivity contribution is -0.616.